The lowest BCUT2D eigenvalue weighted by Gasteiger charge is -2.36. The van der Waals surface area contributed by atoms with Crippen LogP contribution >= 0.6 is 0 Å². The van der Waals surface area contributed by atoms with E-state index in [1.54, 1.807) is 0 Å². The van der Waals surface area contributed by atoms with E-state index >= 15 is 0 Å². The summed E-state index contributed by atoms with van der Waals surface area (Å²) in [5.74, 6) is -0.845. The van der Waals surface area contributed by atoms with Crippen LogP contribution in [0.15, 0.2) is 0 Å². The third-order valence-corrected chi connectivity index (χ3v) is 3.75. The van der Waals surface area contributed by atoms with Gasteiger partial charge in [0.15, 0.2) is 6.10 Å². The Balaban J connectivity index is 3.12. The first kappa shape index (κ1) is 16.9. The van der Waals surface area contributed by atoms with Crippen LogP contribution in [0.3, 0.4) is 0 Å². The van der Waals surface area contributed by atoms with E-state index in [9.17, 15) is 9.59 Å². The zero-order valence-electron chi connectivity index (χ0n) is 13.0. The Hall–Kier alpha value is -1.14. The number of hydrogen-bond acceptors (Lipinski definition) is 6. The van der Waals surface area contributed by atoms with Crippen LogP contribution in [-0.4, -0.2) is 43.1 Å². The number of carbonyl (C=O) groups is 2. The van der Waals surface area contributed by atoms with Gasteiger partial charge in [-0.05, 0) is 12.3 Å². The van der Waals surface area contributed by atoms with E-state index in [0.29, 0.717) is 6.42 Å². The smallest absolute Gasteiger partial charge is 0.305 e. The maximum atomic E-state index is 11.3. The second kappa shape index (κ2) is 6.54. The number of hydrogen-bond donors (Lipinski definition) is 0. The van der Waals surface area contributed by atoms with E-state index in [2.05, 4.69) is 0 Å². The van der Waals surface area contributed by atoms with Gasteiger partial charge in [-0.2, -0.15) is 0 Å². The van der Waals surface area contributed by atoms with Gasteiger partial charge in [0.05, 0.1) is 0 Å². The highest BCUT2D eigenvalue weighted by Crippen LogP contribution is 2.42. The monoisotopic (exact) mass is 288 g/mol. The molecule has 0 radical (unpaired) electrons. The summed E-state index contributed by atoms with van der Waals surface area (Å²) < 4.78 is 21.9. The van der Waals surface area contributed by atoms with Crippen molar-refractivity contribution in [2.75, 3.05) is 7.11 Å². The number of rotatable bonds is 5. The maximum Gasteiger partial charge on any atom is 0.305 e. The minimum Gasteiger partial charge on any atom is -0.453 e. The molecule has 1 aliphatic rings. The van der Waals surface area contributed by atoms with Gasteiger partial charge in [0.25, 0.3) is 0 Å². The summed E-state index contributed by atoms with van der Waals surface area (Å²) in [4.78, 5) is 22.5. The van der Waals surface area contributed by atoms with Crippen molar-refractivity contribution < 1.29 is 28.5 Å². The third kappa shape index (κ3) is 3.12. The Morgan fingerprint density at radius 2 is 1.75 bits per heavy atom. The molecule has 4 atom stereocenters. The van der Waals surface area contributed by atoms with Gasteiger partial charge in [-0.25, -0.2) is 0 Å². The van der Waals surface area contributed by atoms with Crippen molar-refractivity contribution in [2.24, 2.45) is 5.92 Å². The lowest BCUT2D eigenvalue weighted by molar-refractivity contribution is -0.210. The molecule has 6 nitrogen and oxygen atoms in total. The molecule has 6 heteroatoms. The standard InChI is InChI=1S/C14H24O6/c1-7-14(8(2)3)12(17-6)11(18-9(4)15)13(20-14)19-10(5)16/h8,11-13H,7H2,1-6H3/t11-,12+,13?,14-/m1/s1. The largest absolute Gasteiger partial charge is 0.453 e. The Labute approximate surface area is 119 Å². The number of carbonyl (C=O) groups excluding carboxylic acids is 2. The van der Waals surface area contributed by atoms with Crippen molar-refractivity contribution in [3.05, 3.63) is 0 Å². The zero-order chi connectivity index (χ0) is 15.5. The topological polar surface area (TPSA) is 71.1 Å². The quantitative estimate of drug-likeness (QED) is 0.716. The van der Waals surface area contributed by atoms with Crippen LogP contribution in [-0.2, 0) is 28.5 Å². The molecule has 0 spiro atoms. The summed E-state index contributed by atoms with van der Waals surface area (Å²) in [6, 6.07) is 0. The highest BCUT2D eigenvalue weighted by molar-refractivity contribution is 5.67. The van der Waals surface area contributed by atoms with Gasteiger partial charge in [0, 0.05) is 21.0 Å². The van der Waals surface area contributed by atoms with E-state index in [4.69, 9.17) is 18.9 Å². The van der Waals surface area contributed by atoms with Gasteiger partial charge in [-0.3, -0.25) is 9.59 Å². The molecule has 0 aromatic carbocycles. The van der Waals surface area contributed by atoms with Crippen LogP contribution in [0.4, 0.5) is 0 Å². The Kier molecular flexibility index (Phi) is 5.53. The molecule has 0 aromatic rings. The molecule has 0 amide bonds. The molecule has 1 heterocycles. The molecule has 0 saturated carbocycles. The normalized spacial score (nSPS) is 33.2. The second-order valence-electron chi connectivity index (χ2n) is 5.29. The first-order chi connectivity index (χ1) is 9.28. The number of ether oxygens (including phenoxy) is 4. The van der Waals surface area contributed by atoms with E-state index in [1.807, 2.05) is 20.8 Å². The zero-order valence-corrected chi connectivity index (χ0v) is 13.0. The molecular formula is C14H24O6. The molecule has 1 saturated heterocycles. The lowest BCUT2D eigenvalue weighted by Crippen LogP contribution is -2.49. The molecule has 0 aromatic heterocycles. The third-order valence-electron chi connectivity index (χ3n) is 3.75. The second-order valence-corrected chi connectivity index (χ2v) is 5.29. The molecule has 116 valence electrons. The Morgan fingerprint density at radius 1 is 1.20 bits per heavy atom. The fraction of sp³-hybridized carbons (Fsp3) is 0.857. The first-order valence-corrected chi connectivity index (χ1v) is 6.83. The summed E-state index contributed by atoms with van der Waals surface area (Å²) in [6.07, 6.45) is -1.54. The average molecular weight is 288 g/mol. The Bertz CT molecular complexity index is 367. The van der Waals surface area contributed by atoms with Crippen molar-refractivity contribution in [3.63, 3.8) is 0 Å². The van der Waals surface area contributed by atoms with E-state index < -0.39 is 36.0 Å². The summed E-state index contributed by atoms with van der Waals surface area (Å²) >= 11 is 0. The van der Waals surface area contributed by atoms with E-state index in [0.717, 1.165) is 0 Å². The van der Waals surface area contributed by atoms with Gasteiger partial charge in [0.2, 0.25) is 6.29 Å². The molecule has 0 N–H and O–H groups in total. The van der Waals surface area contributed by atoms with Gasteiger partial charge >= 0.3 is 11.9 Å². The SMILES string of the molecule is CC[C@]1(C(C)C)OC(OC(C)=O)[C@H](OC(C)=O)[C@@H]1OC. The molecular weight excluding hydrogens is 264 g/mol. The maximum absolute atomic E-state index is 11.3. The van der Waals surface area contributed by atoms with Gasteiger partial charge in [-0.1, -0.05) is 20.8 Å². The minimum atomic E-state index is -0.941. The predicted molar refractivity (Wildman–Crippen MR) is 70.9 cm³/mol. The molecule has 1 rings (SSSR count). The van der Waals surface area contributed by atoms with Crippen molar-refractivity contribution in [2.45, 2.75) is 65.1 Å². The molecule has 0 aliphatic carbocycles. The van der Waals surface area contributed by atoms with Crippen LogP contribution in [0.25, 0.3) is 0 Å². The van der Waals surface area contributed by atoms with Crippen molar-refractivity contribution in [1.82, 2.24) is 0 Å². The highest BCUT2D eigenvalue weighted by Gasteiger charge is 2.59. The highest BCUT2D eigenvalue weighted by atomic mass is 16.7. The van der Waals surface area contributed by atoms with Crippen LogP contribution in [0, 0.1) is 5.92 Å². The summed E-state index contributed by atoms with van der Waals surface area (Å²) in [5.41, 5.74) is -0.658. The minimum absolute atomic E-state index is 0.107. The van der Waals surface area contributed by atoms with E-state index in [1.165, 1.54) is 21.0 Å². The molecule has 20 heavy (non-hydrogen) atoms. The predicted octanol–water partition coefficient (Wildman–Crippen LogP) is 1.66. The van der Waals surface area contributed by atoms with E-state index in [-0.39, 0.29) is 5.92 Å². The Morgan fingerprint density at radius 3 is 2.10 bits per heavy atom. The molecule has 1 aliphatic heterocycles. The fourth-order valence-electron chi connectivity index (χ4n) is 2.83. The molecule has 1 fully saturated rings. The van der Waals surface area contributed by atoms with Crippen LogP contribution in [0.5, 0.6) is 0 Å². The van der Waals surface area contributed by atoms with Crippen LogP contribution < -0.4 is 0 Å². The van der Waals surface area contributed by atoms with Crippen LogP contribution in [0.1, 0.15) is 41.0 Å². The van der Waals surface area contributed by atoms with Crippen molar-refractivity contribution >= 4 is 11.9 Å². The molecule has 1 unspecified atom stereocenters. The fourth-order valence-corrected chi connectivity index (χ4v) is 2.83. The van der Waals surface area contributed by atoms with Gasteiger partial charge < -0.3 is 18.9 Å². The van der Waals surface area contributed by atoms with Crippen molar-refractivity contribution in [3.8, 4) is 0 Å². The molecule has 0 bridgehead atoms. The summed E-state index contributed by atoms with van der Waals surface area (Å²) in [5, 5.41) is 0. The van der Waals surface area contributed by atoms with Gasteiger partial charge in [0.1, 0.15) is 11.7 Å². The summed E-state index contributed by atoms with van der Waals surface area (Å²) in [7, 11) is 1.54. The number of esters is 2. The average Bonchev–Trinajstić information content (AvgIpc) is 2.62. The number of methoxy groups -OCH3 is 1. The van der Waals surface area contributed by atoms with Crippen LogP contribution in [0.2, 0.25) is 0 Å². The lowest BCUT2D eigenvalue weighted by atomic mass is 9.82. The summed E-state index contributed by atoms with van der Waals surface area (Å²) in [6.45, 7) is 8.55. The van der Waals surface area contributed by atoms with Gasteiger partial charge in [-0.15, -0.1) is 0 Å². The first-order valence-electron chi connectivity index (χ1n) is 6.83. The van der Waals surface area contributed by atoms with Crippen molar-refractivity contribution in [1.29, 1.82) is 0 Å².